The Morgan fingerprint density at radius 3 is 2.80 bits per heavy atom. The zero-order chi connectivity index (χ0) is 17.4. The van der Waals surface area contributed by atoms with E-state index in [2.05, 4.69) is 34.4 Å². The second kappa shape index (κ2) is 11.6. The summed E-state index contributed by atoms with van der Waals surface area (Å²) in [5.41, 5.74) is 0.0473. The molecule has 6 nitrogen and oxygen atoms in total. The molecule has 148 valence electrons. The van der Waals surface area contributed by atoms with E-state index in [1.54, 1.807) is 0 Å². The molecule has 2 saturated heterocycles. The zero-order valence-corrected chi connectivity index (χ0v) is 18.4. The average molecular weight is 468 g/mol. The molecule has 2 unspecified atom stereocenters. The van der Waals surface area contributed by atoms with E-state index in [0.29, 0.717) is 12.0 Å². The van der Waals surface area contributed by atoms with E-state index < -0.39 is 0 Å². The van der Waals surface area contributed by atoms with E-state index >= 15 is 0 Å². The lowest BCUT2D eigenvalue weighted by atomic mass is 9.84. The Morgan fingerprint density at radius 1 is 1.40 bits per heavy atom. The molecular weight excluding hydrogens is 431 g/mol. The quantitative estimate of drug-likeness (QED) is 0.302. The van der Waals surface area contributed by atoms with Crippen LogP contribution in [0.2, 0.25) is 0 Å². The lowest BCUT2D eigenvalue weighted by Gasteiger charge is -2.35. The summed E-state index contributed by atoms with van der Waals surface area (Å²) in [6.07, 6.45) is 4.36. The first-order valence-corrected chi connectivity index (χ1v) is 9.46. The lowest BCUT2D eigenvalue weighted by Crippen LogP contribution is -2.48. The smallest absolute Gasteiger partial charge is 0.191 e. The van der Waals surface area contributed by atoms with Crippen LogP contribution in [0.25, 0.3) is 0 Å². The third-order valence-electron chi connectivity index (χ3n) is 5.52. The molecule has 2 heterocycles. The number of nitrogens with one attached hydrogen (secondary N) is 2. The highest BCUT2D eigenvalue weighted by atomic mass is 127. The summed E-state index contributed by atoms with van der Waals surface area (Å²) in [5, 5.41) is 16.3. The van der Waals surface area contributed by atoms with E-state index in [9.17, 15) is 5.11 Å². The van der Waals surface area contributed by atoms with Crippen molar-refractivity contribution in [1.29, 1.82) is 0 Å². The van der Waals surface area contributed by atoms with Crippen LogP contribution >= 0.6 is 24.0 Å². The van der Waals surface area contributed by atoms with Crippen molar-refractivity contribution in [3.8, 4) is 0 Å². The van der Waals surface area contributed by atoms with E-state index in [-0.39, 0.29) is 36.0 Å². The van der Waals surface area contributed by atoms with Crippen LogP contribution in [0.1, 0.15) is 39.5 Å². The van der Waals surface area contributed by atoms with Gasteiger partial charge in [-0.1, -0.05) is 0 Å². The fourth-order valence-corrected chi connectivity index (χ4v) is 3.78. The molecule has 25 heavy (non-hydrogen) atoms. The summed E-state index contributed by atoms with van der Waals surface area (Å²) in [4.78, 5) is 6.92. The van der Waals surface area contributed by atoms with E-state index in [0.717, 1.165) is 45.1 Å². The molecule has 0 aromatic carbocycles. The molecule has 0 amide bonds. The van der Waals surface area contributed by atoms with Crippen molar-refractivity contribution in [2.24, 2.45) is 16.3 Å². The molecule has 2 aliphatic rings. The standard InChI is InChI=1S/C18H36N4O2.HI/c1-15(2)22-8-4-5-16(12-22)11-20-17(19-3)21-13-18(6-9-23)7-10-24-14-18;/h15-16,23H,4-14H2,1-3H3,(H2,19,20,21);1H. The highest BCUT2D eigenvalue weighted by molar-refractivity contribution is 14.0. The number of hydrogen-bond acceptors (Lipinski definition) is 4. The number of halogens is 1. The molecule has 7 heteroatoms. The van der Waals surface area contributed by atoms with Gasteiger partial charge in [0.05, 0.1) is 6.61 Å². The minimum atomic E-state index is 0. The Morgan fingerprint density at radius 2 is 2.20 bits per heavy atom. The topological polar surface area (TPSA) is 69.1 Å². The largest absolute Gasteiger partial charge is 0.396 e. The summed E-state index contributed by atoms with van der Waals surface area (Å²) in [6.45, 7) is 10.5. The number of nitrogens with zero attached hydrogens (tertiary/aromatic N) is 2. The number of ether oxygens (including phenoxy) is 1. The van der Waals surface area contributed by atoms with Crippen molar-refractivity contribution in [2.45, 2.75) is 45.6 Å². The summed E-state index contributed by atoms with van der Waals surface area (Å²) in [6, 6.07) is 0.631. The van der Waals surface area contributed by atoms with Gasteiger partial charge >= 0.3 is 0 Å². The monoisotopic (exact) mass is 468 g/mol. The minimum Gasteiger partial charge on any atom is -0.396 e. The average Bonchev–Trinajstić information content (AvgIpc) is 3.04. The molecule has 0 aliphatic carbocycles. The molecular formula is C18H37IN4O2. The Hall–Kier alpha value is -0.120. The predicted octanol–water partition coefficient (Wildman–Crippen LogP) is 1.68. The molecule has 0 spiro atoms. The first-order chi connectivity index (χ1) is 11.6. The number of hydrogen-bond donors (Lipinski definition) is 3. The maximum absolute atomic E-state index is 9.32. The van der Waals surface area contributed by atoms with Crippen LogP contribution in [0.4, 0.5) is 0 Å². The van der Waals surface area contributed by atoms with Crippen LogP contribution in [-0.4, -0.2) is 75.1 Å². The van der Waals surface area contributed by atoms with Gasteiger partial charge in [-0.15, -0.1) is 24.0 Å². The van der Waals surface area contributed by atoms with E-state index in [4.69, 9.17) is 4.74 Å². The number of rotatable bonds is 7. The third kappa shape index (κ3) is 7.19. The van der Waals surface area contributed by atoms with Gasteiger partial charge in [-0.2, -0.15) is 0 Å². The van der Waals surface area contributed by atoms with Gasteiger partial charge in [0.1, 0.15) is 0 Å². The molecule has 2 fully saturated rings. The Bertz CT molecular complexity index is 401. The first kappa shape index (κ1) is 22.9. The van der Waals surface area contributed by atoms with Gasteiger partial charge in [0.25, 0.3) is 0 Å². The molecule has 3 N–H and O–H groups in total. The molecule has 0 aromatic rings. The first-order valence-electron chi connectivity index (χ1n) is 9.46. The van der Waals surface area contributed by atoms with Gasteiger partial charge in [0.15, 0.2) is 5.96 Å². The fourth-order valence-electron chi connectivity index (χ4n) is 3.78. The summed E-state index contributed by atoms with van der Waals surface area (Å²) in [7, 11) is 1.82. The summed E-state index contributed by atoms with van der Waals surface area (Å²) in [5.74, 6) is 1.54. The summed E-state index contributed by atoms with van der Waals surface area (Å²) >= 11 is 0. The Balaban J connectivity index is 0.00000312. The van der Waals surface area contributed by atoms with Crippen molar-refractivity contribution in [3.05, 3.63) is 0 Å². The number of likely N-dealkylation sites (tertiary alicyclic amines) is 1. The van der Waals surface area contributed by atoms with Crippen LogP contribution in [-0.2, 0) is 4.74 Å². The second-order valence-electron chi connectivity index (χ2n) is 7.68. The van der Waals surface area contributed by atoms with Gasteiger partial charge in [-0.05, 0) is 52.0 Å². The van der Waals surface area contributed by atoms with Gasteiger partial charge in [0.2, 0.25) is 0 Å². The minimum absolute atomic E-state index is 0. The molecule has 0 radical (unpaired) electrons. The predicted molar refractivity (Wildman–Crippen MR) is 114 cm³/mol. The molecule has 0 bridgehead atoms. The van der Waals surface area contributed by atoms with Crippen LogP contribution < -0.4 is 10.6 Å². The van der Waals surface area contributed by atoms with Crippen molar-refractivity contribution in [2.75, 3.05) is 53.0 Å². The number of aliphatic imine (C=N–C) groups is 1. The SMILES string of the molecule is CN=C(NCC1CCCN(C(C)C)C1)NCC1(CCO)CCOC1.I. The maximum Gasteiger partial charge on any atom is 0.191 e. The highest BCUT2D eigenvalue weighted by Gasteiger charge is 2.34. The number of guanidine groups is 1. The number of aliphatic hydroxyl groups is 1. The maximum atomic E-state index is 9.32. The zero-order valence-electron chi connectivity index (χ0n) is 16.1. The van der Waals surface area contributed by atoms with Crippen LogP contribution in [0, 0.1) is 11.3 Å². The normalized spacial score (nSPS) is 28.0. The van der Waals surface area contributed by atoms with Crippen molar-refractivity contribution >= 4 is 29.9 Å². The Labute approximate surface area is 170 Å². The fraction of sp³-hybridized carbons (Fsp3) is 0.944. The second-order valence-corrected chi connectivity index (χ2v) is 7.68. The molecule has 2 atom stereocenters. The van der Waals surface area contributed by atoms with Crippen molar-refractivity contribution < 1.29 is 9.84 Å². The van der Waals surface area contributed by atoms with Gasteiger partial charge in [-0.3, -0.25) is 4.99 Å². The van der Waals surface area contributed by atoms with Crippen molar-refractivity contribution in [1.82, 2.24) is 15.5 Å². The molecule has 2 aliphatic heterocycles. The van der Waals surface area contributed by atoms with Crippen LogP contribution in [0.15, 0.2) is 4.99 Å². The van der Waals surface area contributed by atoms with E-state index in [1.807, 2.05) is 7.05 Å². The number of aliphatic hydroxyl groups excluding tert-OH is 1. The molecule has 0 saturated carbocycles. The van der Waals surface area contributed by atoms with Crippen molar-refractivity contribution in [3.63, 3.8) is 0 Å². The highest BCUT2D eigenvalue weighted by Crippen LogP contribution is 2.31. The van der Waals surface area contributed by atoms with Gasteiger partial charge in [0, 0.05) is 51.4 Å². The van der Waals surface area contributed by atoms with Gasteiger partial charge in [-0.25, -0.2) is 0 Å². The number of piperidine rings is 1. The molecule has 2 rings (SSSR count). The van der Waals surface area contributed by atoms with E-state index in [1.165, 1.54) is 25.9 Å². The lowest BCUT2D eigenvalue weighted by molar-refractivity contribution is 0.127. The molecule has 0 aromatic heterocycles. The van der Waals surface area contributed by atoms with Crippen LogP contribution in [0.3, 0.4) is 0 Å². The Kier molecular flexibility index (Phi) is 10.6. The van der Waals surface area contributed by atoms with Crippen LogP contribution in [0.5, 0.6) is 0 Å². The summed E-state index contributed by atoms with van der Waals surface area (Å²) < 4.78 is 5.55. The van der Waals surface area contributed by atoms with Gasteiger partial charge < -0.3 is 25.4 Å². The third-order valence-corrected chi connectivity index (χ3v) is 5.52.